The van der Waals surface area contributed by atoms with Crippen LogP contribution in [0.2, 0.25) is 0 Å². The first-order chi connectivity index (χ1) is 6.70. The summed E-state index contributed by atoms with van der Waals surface area (Å²) in [6.07, 6.45) is 0. The molecule has 0 saturated carbocycles. The molecule has 0 saturated heterocycles. The second kappa shape index (κ2) is 3.83. The number of nitrogens with two attached hydrogens (primary N) is 1. The maximum absolute atomic E-state index is 5.66. The van der Waals surface area contributed by atoms with E-state index in [0.717, 1.165) is 5.75 Å². The van der Waals surface area contributed by atoms with Gasteiger partial charge in [-0.15, -0.1) is 11.8 Å². The number of nitrogens with one attached hydrogen (secondary N) is 1. The number of hydrogen-bond donors (Lipinski definition) is 2. The van der Waals surface area contributed by atoms with Gasteiger partial charge in [-0.2, -0.15) is 0 Å². The van der Waals surface area contributed by atoms with Gasteiger partial charge < -0.3 is 11.1 Å². The molecule has 1 aromatic rings. The van der Waals surface area contributed by atoms with E-state index in [1.54, 1.807) is 0 Å². The van der Waals surface area contributed by atoms with Gasteiger partial charge in [-0.3, -0.25) is 0 Å². The van der Waals surface area contributed by atoms with Crippen LogP contribution in [0.3, 0.4) is 0 Å². The lowest BCUT2D eigenvalue weighted by molar-refractivity contribution is 0.801. The first-order valence-electron chi connectivity index (χ1n) is 4.91. The molecular formula is C11H16N2S. The van der Waals surface area contributed by atoms with E-state index < -0.39 is 0 Å². The van der Waals surface area contributed by atoms with Crippen LogP contribution in [0.5, 0.6) is 0 Å². The van der Waals surface area contributed by atoms with Crippen molar-refractivity contribution in [2.24, 2.45) is 5.73 Å². The molecule has 1 aliphatic heterocycles. The largest absolute Gasteiger partial charge is 0.379 e. The van der Waals surface area contributed by atoms with Crippen LogP contribution < -0.4 is 11.1 Å². The van der Waals surface area contributed by atoms with Crippen molar-refractivity contribution in [3.8, 4) is 0 Å². The third-order valence-corrected chi connectivity index (χ3v) is 3.72. The molecule has 0 spiro atoms. The van der Waals surface area contributed by atoms with Crippen molar-refractivity contribution in [2.45, 2.75) is 24.8 Å². The zero-order chi connectivity index (χ0) is 10.1. The van der Waals surface area contributed by atoms with E-state index in [2.05, 4.69) is 31.3 Å². The van der Waals surface area contributed by atoms with Gasteiger partial charge >= 0.3 is 0 Å². The molecule has 0 bridgehead atoms. The Bertz CT molecular complexity index is 349. The molecule has 3 N–H and O–H groups in total. The van der Waals surface area contributed by atoms with Crippen molar-refractivity contribution in [1.82, 2.24) is 0 Å². The van der Waals surface area contributed by atoms with Gasteiger partial charge in [0.05, 0.1) is 5.69 Å². The number of anilines is 1. The quantitative estimate of drug-likeness (QED) is 0.742. The molecule has 1 heterocycles. The Morgan fingerprint density at radius 3 is 3.00 bits per heavy atom. The van der Waals surface area contributed by atoms with Crippen molar-refractivity contribution in [3.63, 3.8) is 0 Å². The van der Waals surface area contributed by atoms with E-state index in [-0.39, 0.29) is 0 Å². The van der Waals surface area contributed by atoms with Crippen LogP contribution in [0.1, 0.15) is 11.1 Å². The molecule has 1 atom stereocenters. The number of hydrogen-bond acceptors (Lipinski definition) is 3. The molecule has 1 aliphatic rings. The van der Waals surface area contributed by atoms with Crippen LogP contribution in [0, 0.1) is 13.8 Å². The molecule has 0 radical (unpaired) electrons. The lowest BCUT2D eigenvalue weighted by Gasteiger charge is -2.27. The van der Waals surface area contributed by atoms with Gasteiger partial charge in [0, 0.05) is 23.2 Å². The van der Waals surface area contributed by atoms with Crippen molar-refractivity contribution in [3.05, 3.63) is 23.3 Å². The Morgan fingerprint density at radius 1 is 1.50 bits per heavy atom. The SMILES string of the molecule is Cc1cc(C)c2c(c1)SCC(CN)N2. The Balaban J connectivity index is 2.37. The Labute approximate surface area is 89.3 Å². The van der Waals surface area contributed by atoms with Crippen molar-refractivity contribution >= 4 is 17.4 Å². The summed E-state index contributed by atoms with van der Waals surface area (Å²) in [4.78, 5) is 1.37. The van der Waals surface area contributed by atoms with E-state index in [0.29, 0.717) is 12.6 Å². The van der Waals surface area contributed by atoms with Gasteiger partial charge in [-0.25, -0.2) is 0 Å². The van der Waals surface area contributed by atoms with Crippen LogP contribution in [-0.2, 0) is 0 Å². The summed E-state index contributed by atoms with van der Waals surface area (Å²) in [5.74, 6) is 1.08. The van der Waals surface area contributed by atoms with Crippen molar-refractivity contribution in [2.75, 3.05) is 17.6 Å². The van der Waals surface area contributed by atoms with E-state index in [1.807, 2.05) is 11.8 Å². The number of benzene rings is 1. The smallest absolute Gasteiger partial charge is 0.0511 e. The predicted molar refractivity (Wildman–Crippen MR) is 63.1 cm³/mol. The highest BCUT2D eigenvalue weighted by Gasteiger charge is 2.18. The third-order valence-electron chi connectivity index (χ3n) is 2.52. The minimum Gasteiger partial charge on any atom is -0.379 e. The van der Waals surface area contributed by atoms with Gasteiger partial charge in [-0.1, -0.05) is 6.07 Å². The summed E-state index contributed by atoms with van der Waals surface area (Å²) in [6, 6.07) is 4.88. The second-order valence-electron chi connectivity index (χ2n) is 3.84. The standard InChI is InChI=1S/C11H16N2S/c1-7-3-8(2)11-10(4-7)14-6-9(5-12)13-11/h3-4,9,13H,5-6,12H2,1-2H3. The minimum absolute atomic E-state index is 0.425. The molecular weight excluding hydrogens is 192 g/mol. The highest BCUT2D eigenvalue weighted by Crippen LogP contribution is 2.36. The van der Waals surface area contributed by atoms with Crippen LogP contribution in [0.15, 0.2) is 17.0 Å². The average molecular weight is 208 g/mol. The van der Waals surface area contributed by atoms with E-state index in [1.165, 1.54) is 21.7 Å². The Hall–Kier alpha value is -0.670. The zero-order valence-corrected chi connectivity index (χ0v) is 9.45. The molecule has 2 nitrogen and oxygen atoms in total. The van der Waals surface area contributed by atoms with E-state index in [9.17, 15) is 0 Å². The van der Waals surface area contributed by atoms with Gasteiger partial charge in [-0.05, 0) is 31.0 Å². The Morgan fingerprint density at radius 2 is 2.29 bits per heavy atom. The second-order valence-corrected chi connectivity index (χ2v) is 4.90. The van der Waals surface area contributed by atoms with Gasteiger partial charge in [0.1, 0.15) is 0 Å². The van der Waals surface area contributed by atoms with Gasteiger partial charge in [0.15, 0.2) is 0 Å². The molecule has 0 aliphatic carbocycles. The van der Waals surface area contributed by atoms with Crippen LogP contribution in [0.25, 0.3) is 0 Å². The molecule has 14 heavy (non-hydrogen) atoms. The number of rotatable bonds is 1. The Kier molecular flexibility index (Phi) is 2.70. The molecule has 1 aromatic carbocycles. The first-order valence-corrected chi connectivity index (χ1v) is 5.90. The predicted octanol–water partition coefficient (Wildman–Crippen LogP) is 2.15. The molecule has 0 aromatic heterocycles. The number of thioether (sulfide) groups is 1. The molecule has 3 heteroatoms. The maximum Gasteiger partial charge on any atom is 0.0511 e. The summed E-state index contributed by atoms with van der Waals surface area (Å²) in [6.45, 7) is 5.00. The number of fused-ring (bicyclic) bond motifs is 1. The fourth-order valence-corrected chi connectivity index (χ4v) is 3.02. The van der Waals surface area contributed by atoms with E-state index >= 15 is 0 Å². The fraction of sp³-hybridized carbons (Fsp3) is 0.455. The van der Waals surface area contributed by atoms with E-state index in [4.69, 9.17) is 5.73 Å². The molecule has 1 unspecified atom stereocenters. The summed E-state index contributed by atoms with van der Waals surface area (Å²) in [7, 11) is 0. The molecule has 0 amide bonds. The van der Waals surface area contributed by atoms with Crippen LogP contribution in [-0.4, -0.2) is 18.3 Å². The molecule has 0 fully saturated rings. The third kappa shape index (κ3) is 1.74. The topological polar surface area (TPSA) is 38.0 Å². The average Bonchev–Trinajstić information content (AvgIpc) is 2.17. The lowest BCUT2D eigenvalue weighted by atomic mass is 10.1. The summed E-state index contributed by atoms with van der Waals surface area (Å²) in [5, 5.41) is 3.50. The van der Waals surface area contributed by atoms with Crippen molar-refractivity contribution in [1.29, 1.82) is 0 Å². The lowest BCUT2D eigenvalue weighted by Crippen LogP contribution is -2.33. The van der Waals surface area contributed by atoms with Crippen LogP contribution in [0.4, 0.5) is 5.69 Å². The maximum atomic E-state index is 5.66. The summed E-state index contributed by atoms with van der Waals surface area (Å²) in [5.41, 5.74) is 9.60. The fourth-order valence-electron chi connectivity index (χ4n) is 1.79. The van der Waals surface area contributed by atoms with Crippen molar-refractivity contribution < 1.29 is 0 Å². The minimum atomic E-state index is 0.425. The van der Waals surface area contributed by atoms with Gasteiger partial charge in [0.2, 0.25) is 0 Å². The van der Waals surface area contributed by atoms with Crippen LogP contribution >= 0.6 is 11.8 Å². The molecule has 2 rings (SSSR count). The normalized spacial score (nSPS) is 20.1. The highest BCUT2D eigenvalue weighted by molar-refractivity contribution is 7.99. The first kappa shape index (κ1) is 9.87. The summed E-state index contributed by atoms with van der Waals surface area (Å²) >= 11 is 1.91. The summed E-state index contributed by atoms with van der Waals surface area (Å²) < 4.78 is 0. The number of aryl methyl sites for hydroxylation is 2. The van der Waals surface area contributed by atoms with Gasteiger partial charge in [0.25, 0.3) is 0 Å². The zero-order valence-electron chi connectivity index (χ0n) is 8.63. The molecule has 76 valence electrons. The highest BCUT2D eigenvalue weighted by atomic mass is 32.2. The monoisotopic (exact) mass is 208 g/mol.